The van der Waals surface area contributed by atoms with Crippen LogP contribution in [0.15, 0.2) is 0 Å². The number of rotatable bonds is 2. The van der Waals surface area contributed by atoms with Crippen LogP contribution >= 0.6 is 0 Å². The van der Waals surface area contributed by atoms with Gasteiger partial charge in [0.05, 0.1) is 6.42 Å². The minimum Gasteiger partial charge on any atom is -0.339 e. The van der Waals surface area contributed by atoms with E-state index in [1.807, 2.05) is 4.90 Å². The number of piperidine rings is 1. The molecular formula is C14H23NO2. The zero-order chi connectivity index (χ0) is 12.4. The minimum atomic E-state index is 0.0683. The van der Waals surface area contributed by atoms with Crippen molar-refractivity contribution in [3.05, 3.63) is 0 Å². The zero-order valence-corrected chi connectivity index (χ0v) is 10.9. The molecule has 1 aliphatic carbocycles. The van der Waals surface area contributed by atoms with Crippen LogP contribution in [0, 0.1) is 11.8 Å². The molecule has 3 nitrogen and oxygen atoms in total. The van der Waals surface area contributed by atoms with Gasteiger partial charge in [-0.1, -0.05) is 26.7 Å². The quantitative estimate of drug-likeness (QED) is 0.692. The third-order valence-corrected chi connectivity index (χ3v) is 4.34. The molecule has 0 aromatic carbocycles. The van der Waals surface area contributed by atoms with E-state index in [-0.39, 0.29) is 18.1 Å². The molecule has 0 aromatic rings. The van der Waals surface area contributed by atoms with E-state index in [2.05, 4.69) is 13.8 Å². The van der Waals surface area contributed by atoms with E-state index in [1.54, 1.807) is 0 Å². The molecule has 0 spiro atoms. The molecule has 3 heteroatoms. The third-order valence-electron chi connectivity index (χ3n) is 4.34. The number of carbonyl (C=O) groups is 2. The van der Waals surface area contributed by atoms with Crippen molar-refractivity contribution in [3.63, 3.8) is 0 Å². The van der Waals surface area contributed by atoms with Crippen molar-refractivity contribution in [1.82, 2.24) is 4.90 Å². The molecule has 0 aromatic heterocycles. The van der Waals surface area contributed by atoms with Gasteiger partial charge >= 0.3 is 0 Å². The Hall–Kier alpha value is -0.860. The number of hydrogen-bond acceptors (Lipinski definition) is 2. The van der Waals surface area contributed by atoms with Crippen LogP contribution in [0.2, 0.25) is 0 Å². The van der Waals surface area contributed by atoms with Crippen LogP contribution in [0.1, 0.15) is 52.4 Å². The highest BCUT2D eigenvalue weighted by molar-refractivity contribution is 6.00. The number of amides is 1. The van der Waals surface area contributed by atoms with Gasteiger partial charge in [-0.2, -0.15) is 0 Å². The maximum absolute atomic E-state index is 12.0. The molecule has 1 heterocycles. The monoisotopic (exact) mass is 237 g/mol. The molecule has 0 radical (unpaired) electrons. The van der Waals surface area contributed by atoms with Crippen LogP contribution in [0.25, 0.3) is 0 Å². The van der Waals surface area contributed by atoms with E-state index < -0.39 is 0 Å². The van der Waals surface area contributed by atoms with E-state index in [0.29, 0.717) is 30.8 Å². The normalized spacial score (nSPS) is 31.1. The first-order chi connectivity index (χ1) is 8.09. The standard InChI is InChI=1S/C14H23NO2/c1-10(2)12-5-3-4-6-13(12)15-8-7-11(16)9-14(15)17/h10,12-13H,3-9H2,1-2H3. The molecule has 2 aliphatic rings. The topological polar surface area (TPSA) is 37.4 Å². The van der Waals surface area contributed by atoms with Gasteiger partial charge in [0.1, 0.15) is 5.78 Å². The summed E-state index contributed by atoms with van der Waals surface area (Å²) in [4.78, 5) is 25.3. The fourth-order valence-electron chi connectivity index (χ4n) is 3.38. The molecule has 2 fully saturated rings. The van der Waals surface area contributed by atoms with Crippen molar-refractivity contribution >= 4 is 11.7 Å². The Morgan fingerprint density at radius 1 is 1.18 bits per heavy atom. The van der Waals surface area contributed by atoms with Crippen LogP contribution in [-0.4, -0.2) is 29.2 Å². The summed E-state index contributed by atoms with van der Waals surface area (Å²) in [6, 6.07) is 0.393. The largest absolute Gasteiger partial charge is 0.339 e. The van der Waals surface area contributed by atoms with Crippen molar-refractivity contribution in [2.45, 2.75) is 58.4 Å². The molecule has 2 atom stereocenters. The van der Waals surface area contributed by atoms with Crippen molar-refractivity contribution in [3.8, 4) is 0 Å². The van der Waals surface area contributed by atoms with Gasteiger partial charge < -0.3 is 4.90 Å². The number of likely N-dealkylation sites (tertiary alicyclic amines) is 1. The first kappa shape index (κ1) is 12.6. The Bertz CT molecular complexity index is 311. The number of nitrogens with zero attached hydrogens (tertiary/aromatic N) is 1. The molecule has 1 aliphatic heterocycles. The van der Waals surface area contributed by atoms with Gasteiger partial charge in [-0.15, -0.1) is 0 Å². The summed E-state index contributed by atoms with van der Waals surface area (Å²) in [5, 5.41) is 0. The minimum absolute atomic E-state index is 0.0683. The molecular weight excluding hydrogens is 214 g/mol. The average Bonchev–Trinajstić information content (AvgIpc) is 2.29. The Kier molecular flexibility index (Phi) is 3.85. The van der Waals surface area contributed by atoms with Crippen molar-refractivity contribution in [1.29, 1.82) is 0 Å². The Morgan fingerprint density at radius 3 is 2.53 bits per heavy atom. The summed E-state index contributed by atoms with van der Waals surface area (Å²) in [7, 11) is 0. The molecule has 1 saturated carbocycles. The Labute approximate surface area is 104 Å². The second-order valence-electron chi connectivity index (χ2n) is 5.81. The van der Waals surface area contributed by atoms with Crippen molar-refractivity contribution in [2.24, 2.45) is 11.8 Å². The van der Waals surface area contributed by atoms with Gasteiger partial charge in [-0.3, -0.25) is 9.59 Å². The fraction of sp³-hybridized carbons (Fsp3) is 0.857. The lowest BCUT2D eigenvalue weighted by molar-refractivity contribution is -0.143. The lowest BCUT2D eigenvalue weighted by atomic mass is 9.76. The molecule has 96 valence electrons. The average molecular weight is 237 g/mol. The van der Waals surface area contributed by atoms with Crippen LogP contribution in [0.3, 0.4) is 0 Å². The first-order valence-electron chi connectivity index (χ1n) is 6.90. The van der Waals surface area contributed by atoms with Gasteiger partial charge in [-0.05, 0) is 24.7 Å². The lowest BCUT2D eigenvalue weighted by Crippen LogP contribution is -2.50. The van der Waals surface area contributed by atoms with Gasteiger partial charge in [0.2, 0.25) is 5.91 Å². The first-order valence-corrected chi connectivity index (χ1v) is 6.90. The van der Waals surface area contributed by atoms with Gasteiger partial charge in [-0.25, -0.2) is 0 Å². The number of Topliss-reactive ketones (excluding diaryl/α,β-unsaturated/α-hetero) is 1. The third kappa shape index (κ3) is 2.70. The predicted octanol–water partition coefficient (Wildman–Crippen LogP) is 2.39. The number of carbonyl (C=O) groups excluding carboxylic acids is 2. The van der Waals surface area contributed by atoms with E-state index in [4.69, 9.17) is 0 Å². The highest BCUT2D eigenvalue weighted by Gasteiger charge is 2.36. The van der Waals surface area contributed by atoms with Crippen LogP contribution < -0.4 is 0 Å². The lowest BCUT2D eigenvalue weighted by Gasteiger charge is -2.43. The van der Waals surface area contributed by atoms with Gasteiger partial charge in [0.25, 0.3) is 0 Å². The number of hydrogen-bond donors (Lipinski definition) is 0. The second kappa shape index (κ2) is 5.19. The molecule has 1 saturated heterocycles. The van der Waals surface area contributed by atoms with Crippen molar-refractivity contribution in [2.75, 3.05) is 6.54 Å². The Balaban J connectivity index is 2.08. The van der Waals surface area contributed by atoms with E-state index in [1.165, 1.54) is 19.3 Å². The van der Waals surface area contributed by atoms with Crippen LogP contribution in [0.5, 0.6) is 0 Å². The van der Waals surface area contributed by atoms with Crippen molar-refractivity contribution < 1.29 is 9.59 Å². The number of ketones is 1. The fourth-order valence-corrected chi connectivity index (χ4v) is 3.38. The van der Waals surface area contributed by atoms with Gasteiger partial charge in [0.15, 0.2) is 0 Å². The molecule has 0 N–H and O–H groups in total. The predicted molar refractivity (Wildman–Crippen MR) is 66.5 cm³/mol. The van der Waals surface area contributed by atoms with Gasteiger partial charge in [0, 0.05) is 19.0 Å². The maximum atomic E-state index is 12.0. The van der Waals surface area contributed by atoms with Crippen LogP contribution in [0.4, 0.5) is 0 Å². The summed E-state index contributed by atoms with van der Waals surface area (Å²) < 4.78 is 0. The summed E-state index contributed by atoms with van der Waals surface area (Å²) in [6.07, 6.45) is 5.59. The molecule has 0 bridgehead atoms. The highest BCUT2D eigenvalue weighted by atomic mass is 16.2. The molecule has 2 unspecified atom stereocenters. The smallest absolute Gasteiger partial charge is 0.230 e. The Morgan fingerprint density at radius 2 is 1.88 bits per heavy atom. The highest BCUT2D eigenvalue weighted by Crippen LogP contribution is 2.34. The van der Waals surface area contributed by atoms with Crippen LogP contribution in [-0.2, 0) is 9.59 Å². The summed E-state index contributed by atoms with van der Waals surface area (Å²) in [5.74, 6) is 1.44. The SMILES string of the molecule is CC(C)C1CCCCC1N1CCC(=O)CC1=O. The van der Waals surface area contributed by atoms with E-state index in [9.17, 15) is 9.59 Å². The summed E-state index contributed by atoms with van der Waals surface area (Å²) in [5.41, 5.74) is 0. The zero-order valence-electron chi connectivity index (χ0n) is 10.9. The van der Waals surface area contributed by atoms with E-state index >= 15 is 0 Å². The molecule has 2 rings (SSSR count). The maximum Gasteiger partial charge on any atom is 0.230 e. The molecule has 1 amide bonds. The second-order valence-corrected chi connectivity index (χ2v) is 5.81. The summed E-state index contributed by atoms with van der Waals surface area (Å²) >= 11 is 0. The van der Waals surface area contributed by atoms with E-state index in [0.717, 1.165) is 6.42 Å². The summed E-state index contributed by atoms with van der Waals surface area (Å²) in [6.45, 7) is 5.16. The molecule has 17 heavy (non-hydrogen) atoms.